The highest BCUT2D eigenvalue weighted by atomic mass is 79.9. The molecule has 1 rings (SSSR count). The van der Waals surface area contributed by atoms with Gasteiger partial charge in [0.15, 0.2) is 0 Å². The summed E-state index contributed by atoms with van der Waals surface area (Å²) in [6, 6.07) is 0. The lowest BCUT2D eigenvalue weighted by atomic mass is 10.3. The minimum atomic E-state index is 1.11. The lowest BCUT2D eigenvalue weighted by Gasteiger charge is -1.98. The third-order valence-electron chi connectivity index (χ3n) is 1.56. The third kappa shape index (κ3) is 2.64. The number of nitrogens with zero attached hydrogens (tertiary/aromatic N) is 1. The van der Waals surface area contributed by atoms with E-state index in [1.807, 2.05) is 0 Å². The van der Waals surface area contributed by atoms with E-state index in [9.17, 15) is 0 Å². The average Bonchev–Trinajstić information content (AvgIpc) is 2.28. The van der Waals surface area contributed by atoms with Crippen molar-refractivity contribution in [1.29, 1.82) is 0 Å². The predicted octanol–water partition coefficient (Wildman–Crippen LogP) is 3.81. The highest BCUT2D eigenvalue weighted by Gasteiger charge is 1.98. The first-order valence-electron chi connectivity index (χ1n) is 3.75. The number of hydrogen-bond acceptors (Lipinski definition) is 0. The largest absolute Gasteiger partial charge is 0.352 e. The topological polar surface area (TPSA) is 4.93 Å². The van der Waals surface area contributed by atoms with E-state index < -0.39 is 0 Å². The van der Waals surface area contributed by atoms with Crippen LogP contribution in [0.4, 0.5) is 0 Å². The molecule has 0 fully saturated rings. The number of aromatic nitrogens is 1. The number of hydrogen-bond donors (Lipinski definition) is 0. The van der Waals surface area contributed by atoms with E-state index in [1.54, 1.807) is 0 Å². The number of rotatable bonds is 3. The molecule has 1 heterocycles. The second-order valence-corrected chi connectivity index (χ2v) is 4.25. The van der Waals surface area contributed by atoms with Gasteiger partial charge in [-0.05, 0) is 38.3 Å². The van der Waals surface area contributed by atoms with Crippen molar-refractivity contribution < 1.29 is 0 Å². The molecule has 0 aromatic carbocycles. The first kappa shape index (κ1) is 9.33. The standard InChI is InChI=1S/C8H11Br2N/c1-2-3-4-11-5-7(9)8(10)6-11/h5-6H,2-4H2,1H3. The quantitative estimate of drug-likeness (QED) is 0.793. The van der Waals surface area contributed by atoms with E-state index in [0.717, 1.165) is 15.5 Å². The Bertz CT molecular complexity index is 210. The van der Waals surface area contributed by atoms with E-state index in [2.05, 4.69) is 55.7 Å². The molecule has 0 radical (unpaired) electrons. The van der Waals surface area contributed by atoms with Gasteiger partial charge >= 0.3 is 0 Å². The Kier molecular flexibility index (Phi) is 3.66. The molecule has 0 aliphatic heterocycles. The molecule has 1 aromatic rings. The number of aryl methyl sites for hydroxylation is 1. The van der Waals surface area contributed by atoms with Gasteiger partial charge in [0, 0.05) is 27.9 Å². The van der Waals surface area contributed by atoms with E-state index >= 15 is 0 Å². The van der Waals surface area contributed by atoms with Gasteiger partial charge in [0.05, 0.1) is 0 Å². The fraction of sp³-hybridized carbons (Fsp3) is 0.500. The Hall–Kier alpha value is 0.240. The van der Waals surface area contributed by atoms with E-state index in [4.69, 9.17) is 0 Å². The molecule has 0 spiro atoms. The van der Waals surface area contributed by atoms with Crippen molar-refractivity contribution in [2.24, 2.45) is 0 Å². The highest BCUT2D eigenvalue weighted by Crippen LogP contribution is 2.23. The van der Waals surface area contributed by atoms with Gasteiger partial charge < -0.3 is 4.57 Å². The van der Waals surface area contributed by atoms with Gasteiger partial charge in [0.25, 0.3) is 0 Å². The summed E-state index contributed by atoms with van der Waals surface area (Å²) < 4.78 is 4.46. The molecule has 0 saturated heterocycles. The van der Waals surface area contributed by atoms with Crippen LogP contribution in [-0.2, 0) is 6.54 Å². The molecule has 3 heteroatoms. The van der Waals surface area contributed by atoms with Gasteiger partial charge in [-0.1, -0.05) is 13.3 Å². The zero-order valence-corrected chi connectivity index (χ0v) is 9.65. The Morgan fingerprint density at radius 3 is 2.27 bits per heavy atom. The molecule has 0 aliphatic rings. The van der Waals surface area contributed by atoms with Crippen LogP contribution in [0.15, 0.2) is 21.3 Å². The van der Waals surface area contributed by atoms with E-state index in [1.165, 1.54) is 12.8 Å². The number of halogens is 2. The zero-order valence-electron chi connectivity index (χ0n) is 6.48. The third-order valence-corrected chi connectivity index (χ3v) is 3.35. The van der Waals surface area contributed by atoms with Crippen molar-refractivity contribution in [3.63, 3.8) is 0 Å². The molecule has 0 atom stereocenters. The predicted molar refractivity (Wildman–Crippen MR) is 54.7 cm³/mol. The van der Waals surface area contributed by atoms with Gasteiger partial charge in [0.2, 0.25) is 0 Å². The summed E-state index contributed by atoms with van der Waals surface area (Å²) in [5.74, 6) is 0. The molecule has 0 amide bonds. The second-order valence-electron chi connectivity index (χ2n) is 2.55. The summed E-state index contributed by atoms with van der Waals surface area (Å²) in [5.41, 5.74) is 0. The van der Waals surface area contributed by atoms with Crippen molar-refractivity contribution in [3.05, 3.63) is 21.3 Å². The minimum absolute atomic E-state index is 1.11. The van der Waals surface area contributed by atoms with Crippen molar-refractivity contribution in [1.82, 2.24) is 4.57 Å². The Labute approximate surface area is 84.0 Å². The van der Waals surface area contributed by atoms with Crippen molar-refractivity contribution in [2.75, 3.05) is 0 Å². The van der Waals surface area contributed by atoms with Gasteiger partial charge in [-0.15, -0.1) is 0 Å². The van der Waals surface area contributed by atoms with Crippen LogP contribution in [-0.4, -0.2) is 4.57 Å². The maximum atomic E-state index is 3.44. The van der Waals surface area contributed by atoms with Gasteiger partial charge in [-0.25, -0.2) is 0 Å². The van der Waals surface area contributed by atoms with Crippen LogP contribution in [0, 0.1) is 0 Å². The zero-order chi connectivity index (χ0) is 8.27. The fourth-order valence-electron chi connectivity index (χ4n) is 0.922. The molecule has 0 saturated carbocycles. The molecule has 11 heavy (non-hydrogen) atoms. The highest BCUT2D eigenvalue weighted by molar-refractivity contribution is 9.13. The SMILES string of the molecule is CCCCn1cc(Br)c(Br)c1. The normalized spacial score (nSPS) is 10.5. The fourth-order valence-corrected chi connectivity index (χ4v) is 1.65. The van der Waals surface area contributed by atoms with Crippen LogP contribution < -0.4 is 0 Å². The minimum Gasteiger partial charge on any atom is -0.352 e. The smallest absolute Gasteiger partial charge is 0.0494 e. The van der Waals surface area contributed by atoms with Crippen LogP contribution in [0.5, 0.6) is 0 Å². The molecule has 0 N–H and O–H groups in total. The second kappa shape index (κ2) is 4.31. The van der Waals surface area contributed by atoms with Gasteiger partial charge in [0.1, 0.15) is 0 Å². The van der Waals surface area contributed by atoms with Crippen LogP contribution in [0.3, 0.4) is 0 Å². The molecular formula is C8H11Br2N. The lowest BCUT2D eigenvalue weighted by Crippen LogP contribution is -1.92. The van der Waals surface area contributed by atoms with Gasteiger partial charge in [-0.2, -0.15) is 0 Å². The van der Waals surface area contributed by atoms with Crippen molar-refractivity contribution in [3.8, 4) is 0 Å². The average molecular weight is 281 g/mol. The first-order chi connectivity index (χ1) is 5.24. The monoisotopic (exact) mass is 279 g/mol. The molecule has 0 aliphatic carbocycles. The van der Waals surface area contributed by atoms with Crippen LogP contribution >= 0.6 is 31.9 Å². The maximum Gasteiger partial charge on any atom is 0.0494 e. The van der Waals surface area contributed by atoms with E-state index in [0.29, 0.717) is 0 Å². The van der Waals surface area contributed by atoms with Crippen molar-refractivity contribution >= 4 is 31.9 Å². The first-order valence-corrected chi connectivity index (χ1v) is 5.33. The summed E-state index contributed by atoms with van der Waals surface area (Å²) in [4.78, 5) is 0. The van der Waals surface area contributed by atoms with Gasteiger partial charge in [-0.3, -0.25) is 0 Å². The summed E-state index contributed by atoms with van der Waals surface area (Å²) in [5, 5.41) is 0. The summed E-state index contributed by atoms with van der Waals surface area (Å²) in [7, 11) is 0. The van der Waals surface area contributed by atoms with E-state index in [-0.39, 0.29) is 0 Å². The Morgan fingerprint density at radius 1 is 1.27 bits per heavy atom. The number of unbranched alkanes of at least 4 members (excludes halogenated alkanes) is 1. The summed E-state index contributed by atoms with van der Waals surface area (Å²) in [6.45, 7) is 3.31. The Morgan fingerprint density at radius 2 is 1.82 bits per heavy atom. The van der Waals surface area contributed by atoms with Crippen LogP contribution in [0.25, 0.3) is 0 Å². The summed E-state index contributed by atoms with van der Waals surface area (Å²) >= 11 is 6.88. The molecule has 0 bridgehead atoms. The summed E-state index contributed by atoms with van der Waals surface area (Å²) in [6.07, 6.45) is 6.68. The molecular weight excluding hydrogens is 270 g/mol. The van der Waals surface area contributed by atoms with Crippen molar-refractivity contribution in [2.45, 2.75) is 26.3 Å². The van der Waals surface area contributed by atoms with Crippen LogP contribution in [0.1, 0.15) is 19.8 Å². The molecule has 1 nitrogen and oxygen atoms in total. The molecule has 0 unspecified atom stereocenters. The van der Waals surface area contributed by atoms with Crippen LogP contribution in [0.2, 0.25) is 0 Å². The maximum absolute atomic E-state index is 3.44. The molecule has 62 valence electrons. The Balaban J connectivity index is 2.58. The molecule has 1 aromatic heterocycles. The lowest BCUT2D eigenvalue weighted by molar-refractivity contribution is 0.634.